The Hall–Kier alpha value is -3.39. The minimum absolute atomic E-state index is 0. The summed E-state index contributed by atoms with van der Waals surface area (Å²) in [6, 6.07) is 16.1. The van der Waals surface area contributed by atoms with Gasteiger partial charge in [0.25, 0.3) is 5.89 Å². The molecule has 0 N–H and O–H groups in total. The van der Waals surface area contributed by atoms with Crippen LogP contribution in [0, 0.1) is 6.92 Å². The summed E-state index contributed by atoms with van der Waals surface area (Å²) in [5, 5.41) is 7.75. The van der Waals surface area contributed by atoms with Crippen LogP contribution in [0.4, 0.5) is 0 Å². The molecule has 0 unspecified atom stereocenters. The normalized spacial score (nSPS) is 11.7. The second-order valence-electron chi connectivity index (χ2n) is 7.09. The Labute approximate surface area is 176 Å². The molecule has 0 aliphatic carbocycles. The molecule has 4 aromatic rings. The van der Waals surface area contributed by atoms with Gasteiger partial charge in [-0.05, 0) is 45.0 Å². The van der Waals surface area contributed by atoms with Gasteiger partial charge in [0.2, 0.25) is 5.89 Å². The molecule has 2 heterocycles. The molecule has 0 atom stereocenters. The molecule has 7 nitrogen and oxygen atoms in total. The molecule has 0 saturated carbocycles. The lowest BCUT2D eigenvalue weighted by Gasteiger charge is -2.09. The van der Waals surface area contributed by atoms with Crippen LogP contribution >= 0.6 is 0 Å². The molecule has 0 radical (unpaired) electrons. The fourth-order valence-electron chi connectivity index (χ4n) is 2.89. The first-order chi connectivity index (χ1) is 14.4. The van der Waals surface area contributed by atoms with Crippen molar-refractivity contribution in [1.29, 1.82) is 0 Å². The van der Waals surface area contributed by atoms with Crippen LogP contribution in [-0.2, 0) is 9.84 Å². The maximum Gasteiger partial charge on any atom is 0.268 e. The van der Waals surface area contributed by atoms with E-state index < -0.39 is 15.1 Å². The second kappa shape index (κ2) is 7.79. The van der Waals surface area contributed by atoms with Crippen molar-refractivity contribution >= 4 is 9.84 Å². The van der Waals surface area contributed by atoms with Crippen LogP contribution in [0.25, 0.3) is 34.3 Å². The number of benzene rings is 2. The van der Waals surface area contributed by atoms with E-state index >= 15 is 0 Å². The van der Waals surface area contributed by atoms with Crippen LogP contribution in [0.5, 0.6) is 0 Å². The van der Waals surface area contributed by atoms with Crippen molar-refractivity contribution in [2.45, 2.75) is 30.9 Å². The van der Waals surface area contributed by atoms with Gasteiger partial charge in [0.15, 0.2) is 9.84 Å². The smallest absolute Gasteiger partial charge is 0.268 e. The van der Waals surface area contributed by atoms with Gasteiger partial charge in [-0.15, -0.1) is 10.2 Å². The Balaban J connectivity index is 0.00000272. The third-order valence-corrected chi connectivity index (χ3v) is 6.87. The average molecular weight is 423 g/mol. The van der Waals surface area contributed by atoms with E-state index in [1.165, 1.54) is 0 Å². The number of aryl methyl sites for hydroxylation is 1. The first-order valence-electron chi connectivity index (χ1n) is 9.43. The molecular formula is C22H22N4O3S. The molecule has 4 rings (SSSR count). The van der Waals surface area contributed by atoms with Crippen molar-refractivity contribution in [3.63, 3.8) is 0 Å². The Kier molecular flexibility index (Phi) is 5.17. The van der Waals surface area contributed by atoms with Crippen LogP contribution in [0.1, 0.15) is 21.0 Å². The summed E-state index contributed by atoms with van der Waals surface area (Å²) in [7, 11) is -3.33. The van der Waals surface area contributed by atoms with Crippen molar-refractivity contribution in [3.8, 4) is 34.3 Å². The number of hydrogen-bond acceptors (Lipinski definition) is 7. The maximum atomic E-state index is 12.3. The number of sulfone groups is 1. The van der Waals surface area contributed by atoms with Gasteiger partial charge >= 0.3 is 0 Å². The minimum Gasteiger partial charge on any atom is -0.415 e. The van der Waals surface area contributed by atoms with Crippen LogP contribution in [-0.4, -0.2) is 33.8 Å². The summed E-state index contributed by atoms with van der Waals surface area (Å²) in [4.78, 5) is 9.33. The molecule has 0 spiro atoms. The number of nitrogens with zero attached hydrogens (tertiary/aromatic N) is 4. The highest BCUT2D eigenvalue weighted by atomic mass is 32.2. The van der Waals surface area contributed by atoms with Gasteiger partial charge in [0.1, 0.15) is 5.69 Å². The molecule has 0 fully saturated rings. The van der Waals surface area contributed by atoms with Crippen molar-refractivity contribution in [2.75, 3.05) is 0 Å². The highest BCUT2D eigenvalue weighted by molar-refractivity contribution is 7.92. The van der Waals surface area contributed by atoms with E-state index in [9.17, 15) is 8.42 Å². The molecular weight excluding hydrogens is 400 g/mol. The lowest BCUT2D eigenvalue weighted by atomic mass is 10.1. The van der Waals surface area contributed by atoms with Crippen LogP contribution in [0.15, 0.2) is 70.1 Å². The van der Waals surface area contributed by atoms with Gasteiger partial charge in [-0.3, -0.25) is 4.98 Å². The van der Waals surface area contributed by atoms with Crippen molar-refractivity contribution in [1.82, 2.24) is 20.2 Å². The topological polar surface area (TPSA) is 98.8 Å². The summed E-state index contributed by atoms with van der Waals surface area (Å²) in [5.74, 6) is 0.681. The van der Waals surface area contributed by atoms with Gasteiger partial charge < -0.3 is 4.42 Å². The average Bonchev–Trinajstić information content (AvgIpc) is 3.25. The van der Waals surface area contributed by atoms with Crippen molar-refractivity contribution in [3.05, 3.63) is 66.5 Å². The molecule has 0 amide bonds. The zero-order chi connectivity index (χ0) is 21.3. The summed E-state index contributed by atoms with van der Waals surface area (Å²) in [6.45, 7) is 5.14. The maximum absolute atomic E-state index is 12.3. The monoisotopic (exact) mass is 422 g/mol. The Bertz CT molecular complexity index is 1290. The molecule has 2 aromatic carbocycles. The summed E-state index contributed by atoms with van der Waals surface area (Å²) < 4.78 is 30.5. The van der Waals surface area contributed by atoms with Crippen LogP contribution in [0.2, 0.25) is 0 Å². The highest BCUT2D eigenvalue weighted by Gasteiger charge is 2.20. The largest absolute Gasteiger partial charge is 0.415 e. The lowest BCUT2D eigenvalue weighted by Crippen LogP contribution is -2.13. The third kappa shape index (κ3) is 3.73. The number of aromatic nitrogens is 4. The van der Waals surface area contributed by atoms with E-state index in [-0.39, 0.29) is 12.2 Å². The van der Waals surface area contributed by atoms with E-state index in [0.717, 1.165) is 11.1 Å². The van der Waals surface area contributed by atoms with Gasteiger partial charge in [0.05, 0.1) is 27.7 Å². The zero-order valence-electron chi connectivity index (χ0n) is 16.8. The number of rotatable bonds is 5. The van der Waals surface area contributed by atoms with Gasteiger partial charge in [-0.1, -0.05) is 30.3 Å². The minimum atomic E-state index is -3.33. The van der Waals surface area contributed by atoms with Gasteiger partial charge in [-0.25, -0.2) is 13.4 Å². The van der Waals surface area contributed by atoms with Gasteiger partial charge in [0, 0.05) is 12.6 Å². The number of hydrogen-bond donors (Lipinski definition) is 0. The quantitative estimate of drug-likeness (QED) is 0.463. The van der Waals surface area contributed by atoms with E-state index in [2.05, 4.69) is 20.2 Å². The molecule has 8 heteroatoms. The second-order valence-corrected chi connectivity index (χ2v) is 9.59. The Morgan fingerprint density at radius 1 is 0.900 bits per heavy atom. The van der Waals surface area contributed by atoms with E-state index in [0.29, 0.717) is 23.0 Å². The molecule has 0 aliphatic heterocycles. The third-order valence-electron chi connectivity index (χ3n) is 4.70. The highest BCUT2D eigenvalue weighted by Crippen LogP contribution is 2.27. The Morgan fingerprint density at radius 3 is 2.23 bits per heavy atom. The van der Waals surface area contributed by atoms with E-state index in [4.69, 9.17) is 4.42 Å². The van der Waals surface area contributed by atoms with E-state index in [1.54, 1.807) is 44.3 Å². The molecule has 0 aliphatic rings. The van der Waals surface area contributed by atoms with Crippen molar-refractivity contribution in [2.24, 2.45) is 0 Å². The fourth-order valence-corrected chi connectivity index (χ4v) is 3.95. The van der Waals surface area contributed by atoms with Crippen LogP contribution < -0.4 is 0 Å². The summed E-state index contributed by atoms with van der Waals surface area (Å²) >= 11 is 0. The van der Waals surface area contributed by atoms with Crippen LogP contribution in [0.3, 0.4) is 0 Å². The van der Waals surface area contributed by atoms with Crippen molar-refractivity contribution < 1.29 is 14.3 Å². The van der Waals surface area contributed by atoms with E-state index in [1.807, 2.05) is 37.3 Å². The molecule has 0 bridgehead atoms. The van der Waals surface area contributed by atoms with Gasteiger partial charge in [-0.2, -0.15) is 0 Å². The fraction of sp³-hybridized carbons (Fsp3) is 0.182. The Morgan fingerprint density at radius 2 is 1.57 bits per heavy atom. The SMILES string of the molecule is Cc1ncc(-c2ccc(S(=O)(=O)C(C)C)cc2)nc1-c1nnc(-c2ccccc2)o1.[HH]. The molecule has 2 aromatic heterocycles. The predicted octanol–water partition coefficient (Wildman–Crippen LogP) is 4.60. The first kappa shape index (κ1) is 19.9. The molecule has 154 valence electrons. The zero-order valence-corrected chi connectivity index (χ0v) is 17.6. The summed E-state index contributed by atoms with van der Waals surface area (Å²) in [6.07, 6.45) is 1.64. The summed E-state index contributed by atoms with van der Waals surface area (Å²) in [5.41, 5.74) is 3.29. The first-order valence-corrected chi connectivity index (χ1v) is 11.0. The standard InChI is InChI=1S/C22H20N4O3S.H2/c1-14(2)30(27,28)18-11-9-16(10-12-18)19-13-23-15(3)20(24-19)22-26-25-21(29-22)17-7-5-4-6-8-17;/h4-14H,1-3H3;1H. The predicted molar refractivity (Wildman–Crippen MR) is 115 cm³/mol. The molecule has 30 heavy (non-hydrogen) atoms. The lowest BCUT2D eigenvalue weighted by molar-refractivity contribution is 0.581. The molecule has 0 saturated heterocycles.